The van der Waals surface area contributed by atoms with E-state index in [1.165, 1.54) is 5.56 Å². The summed E-state index contributed by atoms with van der Waals surface area (Å²) in [5.41, 5.74) is 2.57. The van der Waals surface area contributed by atoms with Crippen LogP contribution in [-0.2, 0) is 6.54 Å². The molecule has 3 heterocycles. The van der Waals surface area contributed by atoms with Crippen molar-refractivity contribution >= 4 is 28.3 Å². The van der Waals surface area contributed by atoms with Gasteiger partial charge in [-0.1, -0.05) is 5.16 Å². The molecule has 0 aromatic carbocycles. The van der Waals surface area contributed by atoms with Crippen LogP contribution >= 0.6 is 11.3 Å². The third kappa shape index (κ3) is 1.95. The highest BCUT2D eigenvalue weighted by Gasteiger charge is 2.13. The molecular weight excluding hydrogens is 248 g/mol. The summed E-state index contributed by atoms with van der Waals surface area (Å²) < 4.78 is 5.17. The predicted molar refractivity (Wildman–Crippen MR) is 70.7 cm³/mol. The zero-order valence-electron chi connectivity index (χ0n) is 10.1. The van der Waals surface area contributed by atoms with Gasteiger partial charge in [0.25, 0.3) is 5.71 Å². The normalized spacial score (nSPS) is 11.0. The number of nitrogens with one attached hydrogen (secondary N) is 1. The highest BCUT2D eigenvalue weighted by atomic mass is 32.1. The Kier molecular flexibility index (Phi) is 2.71. The van der Waals surface area contributed by atoms with Gasteiger partial charge in [0, 0.05) is 6.54 Å². The smallest absolute Gasteiger partial charge is 0.263 e. The Morgan fingerprint density at radius 3 is 3.00 bits per heavy atom. The van der Waals surface area contributed by atoms with Crippen LogP contribution in [0.4, 0.5) is 5.82 Å². The second-order valence-corrected chi connectivity index (χ2v) is 4.83. The minimum Gasteiger partial charge on any atom is -0.365 e. The molecule has 3 rings (SSSR count). The van der Waals surface area contributed by atoms with Crippen molar-refractivity contribution in [2.75, 3.05) is 5.32 Å². The van der Waals surface area contributed by atoms with E-state index in [2.05, 4.69) is 37.3 Å². The molecule has 18 heavy (non-hydrogen) atoms. The number of nitrogens with zero attached hydrogens (tertiary/aromatic N) is 3. The molecule has 5 nitrogen and oxygen atoms in total. The van der Waals surface area contributed by atoms with Gasteiger partial charge in [0.1, 0.15) is 17.0 Å². The van der Waals surface area contributed by atoms with E-state index in [1.807, 2.05) is 13.8 Å². The highest BCUT2D eigenvalue weighted by molar-refractivity contribution is 7.07. The monoisotopic (exact) mass is 260 g/mol. The van der Waals surface area contributed by atoms with Crippen LogP contribution in [0.2, 0.25) is 0 Å². The Morgan fingerprint density at radius 2 is 2.22 bits per heavy atom. The number of aryl methyl sites for hydroxylation is 2. The van der Waals surface area contributed by atoms with E-state index in [9.17, 15) is 0 Å². The van der Waals surface area contributed by atoms with Crippen LogP contribution in [0, 0.1) is 13.8 Å². The summed E-state index contributed by atoms with van der Waals surface area (Å²) >= 11 is 1.68. The molecule has 0 aliphatic rings. The molecule has 0 atom stereocenters. The van der Waals surface area contributed by atoms with Gasteiger partial charge in [-0.15, -0.1) is 0 Å². The minimum absolute atomic E-state index is 0.535. The molecule has 0 unspecified atom stereocenters. The van der Waals surface area contributed by atoms with Crippen LogP contribution in [0.25, 0.3) is 11.1 Å². The Hall–Kier alpha value is -1.95. The van der Waals surface area contributed by atoms with Gasteiger partial charge in [-0.2, -0.15) is 16.3 Å². The van der Waals surface area contributed by atoms with E-state index >= 15 is 0 Å². The topological polar surface area (TPSA) is 63.8 Å². The lowest BCUT2D eigenvalue weighted by Gasteiger charge is -2.05. The molecule has 0 aliphatic carbocycles. The van der Waals surface area contributed by atoms with Crippen LogP contribution in [0.3, 0.4) is 0 Å². The summed E-state index contributed by atoms with van der Waals surface area (Å²) in [4.78, 5) is 8.64. The Labute approximate surface area is 108 Å². The number of fused-ring (bicyclic) bond motifs is 1. The highest BCUT2D eigenvalue weighted by Crippen LogP contribution is 2.24. The van der Waals surface area contributed by atoms with Gasteiger partial charge in [-0.25, -0.2) is 4.98 Å². The zero-order chi connectivity index (χ0) is 12.5. The van der Waals surface area contributed by atoms with Crippen LogP contribution in [0.5, 0.6) is 0 Å². The molecule has 0 spiro atoms. The summed E-state index contributed by atoms with van der Waals surface area (Å²) in [5.74, 6) is 1.45. The number of rotatable bonds is 3. The lowest BCUT2D eigenvalue weighted by Crippen LogP contribution is -2.03. The van der Waals surface area contributed by atoms with Gasteiger partial charge in [0.2, 0.25) is 0 Å². The first-order valence-electron chi connectivity index (χ1n) is 5.59. The lowest BCUT2D eigenvalue weighted by molar-refractivity contribution is 0.442. The maximum absolute atomic E-state index is 5.17. The van der Waals surface area contributed by atoms with Gasteiger partial charge < -0.3 is 9.84 Å². The maximum Gasteiger partial charge on any atom is 0.263 e. The second kappa shape index (κ2) is 4.38. The SMILES string of the molecule is Cc1nc(NCc2ccsc2)c2c(C)noc2n1. The molecule has 3 aromatic heterocycles. The molecule has 3 aromatic rings. The minimum atomic E-state index is 0.535. The van der Waals surface area contributed by atoms with E-state index < -0.39 is 0 Å². The Morgan fingerprint density at radius 1 is 1.33 bits per heavy atom. The first-order chi connectivity index (χ1) is 8.74. The largest absolute Gasteiger partial charge is 0.365 e. The van der Waals surface area contributed by atoms with Gasteiger partial charge in [-0.05, 0) is 36.2 Å². The molecule has 0 saturated heterocycles. The Bertz CT molecular complexity index is 675. The molecular formula is C12H12N4OS. The standard InChI is InChI=1S/C12H12N4OS/c1-7-10-11(13-5-9-3-4-18-6-9)14-8(2)15-12(10)17-16-7/h3-4,6H,5H2,1-2H3,(H,13,14,15). The third-order valence-corrected chi connectivity index (χ3v) is 3.39. The van der Waals surface area contributed by atoms with E-state index in [0.717, 1.165) is 23.4 Å². The first-order valence-corrected chi connectivity index (χ1v) is 6.54. The number of hydrogen-bond donors (Lipinski definition) is 1. The maximum atomic E-state index is 5.17. The lowest BCUT2D eigenvalue weighted by atomic mass is 10.3. The zero-order valence-corrected chi connectivity index (χ0v) is 10.9. The number of thiophene rings is 1. The number of aromatic nitrogens is 3. The number of hydrogen-bond acceptors (Lipinski definition) is 6. The van der Waals surface area contributed by atoms with Crippen molar-refractivity contribution in [1.82, 2.24) is 15.1 Å². The fourth-order valence-electron chi connectivity index (χ4n) is 1.80. The average Bonchev–Trinajstić information content (AvgIpc) is 2.96. The Balaban J connectivity index is 1.97. The van der Waals surface area contributed by atoms with Crippen LogP contribution < -0.4 is 5.32 Å². The molecule has 0 bridgehead atoms. The van der Waals surface area contributed by atoms with Crippen molar-refractivity contribution in [2.24, 2.45) is 0 Å². The molecule has 92 valence electrons. The van der Waals surface area contributed by atoms with E-state index in [1.54, 1.807) is 11.3 Å². The van der Waals surface area contributed by atoms with Gasteiger partial charge in [0.05, 0.1) is 5.69 Å². The number of anilines is 1. The predicted octanol–water partition coefficient (Wildman–Crippen LogP) is 2.91. The van der Waals surface area contributed by atoms with Crippen LogP contribution in [0.15, 0.2) is 21.3 Å². The average molecular weight is 260 g/mol. The van der Waals surface area contributed by atoms with Gasteiger partial charge in [0.15, 0.2) is 0 Å². The summed E-state index contributed by atoms with van der Waals surface area (Å²) in [7, 11) is 0. The van der Waals surface area contributed by atoms with Crippen molar-refractivity contribution in [1.29, 1.82) is 0 Å². The molecule has 0 saturated carbocycles. The fraction of sp³-hybridized carbons (Fsp3) is 0.250. The summed E-state index contributed by atoms with van der Waals surface area (Å²) in [6.45, 7) is 4.47. The van der Waals surface area contributed by atoms with Crippen LogP contribution in [-0.4, -0.2) is 15.1 Å². The fourth-order valence-corrected chi connectivity index (χ4v) is 2.47. The van der Waals surface area contributed by atoms with Crippen molar-refractivity contribution in [2.45, 2.75) is 20.4 Å². The van der Waals surface area contributed by atoms with Crippen molar-refractivity contribution in [3.63, 3.8) is 0 Å². The first kappa shape index (κ1) is 11.2. The van der Waals surface area contributed by atoms with E-state index in [4.69, 9.17) is 4.52 Å². The van der Waals surface area contributed by atoms with Crippen molar-refractivity contribution in [3.05, 3.63) is 33.9 Å². The molecule has 0 radical (unpaired) electrons. The summed E-state index contributed by atoms with van der Waals surface area (Å²) in [5, 5.41) is 12.3. The van der Waals surface area contributed by atoms with E-state index in [0.29, 0.717) is 11.5 Å². The van der Waals surface area contributed by atoms with Crippen molar-refractivity contribution in [3.8, 4) is 0 Å². The molecule has 1 N–H and O–H groups in total. The van der Waals surface area contributed by atoms with Gasteiger partial charge >= 0.3 is 0 Å². The van der Waals surface area contributed by atoms with E-state index in [-0.39, 0.29) is 0 Å². The third-order valence-electron chi connectivity index (χ3n) is 2.66. The summed E-state index contributed by atoms with van der Waals surface area (Å²) in [6, 6.07) is 2.09. The quantitative estimate of drug-likeness (QED) is 0.784. The van der Waals surface area contributed by atoms with Gasteiger partial charge in [-0.3, -0.25) is 0 Å². The van der Waals surface area contributed by atoms with Crippen molar-refractivity contribution < 1.29 is 4.52 Å². The molecule has 0 aliphatic heterocycles. The molecule has 6 heteroatoms. The van der Waals surface area contributed by atoms with Crippen LogP contribution in [0.1, 0.15) is 17.1 Å². The molecule has 0 fully saturated rings. The molecule has 0 amide bonds. The summed E-state index contributed by atoms with van der Waals surface area (Å²) in [6.07, 6.45) is 0. The second-order valence-electron chi connectivity index (χ2n) is 4.05.